The lowest BCUT2D eigenvalue weighted by Gasteiger charge is -2.32. The Balaban J connectivity index is 3.78. The van der Waals surface area contributed by atoms with Crippen LogP contribution in [0.3, 0.4) is 0 Å². The molecule has 1 aromatic rings. The first-order valence-electron chi connectivity index (χ1n) is 9.32. The molecule has 1 aromatic carbocycles. The molecule has 0 spiro atoms. The highest BCUT2D eigenvalue weighted by molar-refractivity contribution is 6.92. The van der Waals surface area contributed by atoms with Crippen LogP contribution in [0, 0.1) is 13.8 Å². The zero-order chi connectivity index (χ0) is 19.2. The Morgan fingerprint density at radius 3 is 1.76 bits per heavy atom. The summed E-state index contributed by atoms with van der Waals surface area (Å²) in [5, 5.41) is 1.19. The second kappa shape index (κ2) is 9.18. The maximum absolute atomic E-state index is 12.6. The van der Waals surface area contributed by atoms with Crippen LogP contribution in [-0.2, 0) is 9.47 Å². The van der Waals surface area contributed by atoms with Gasteiger partial charge in [0, 0.05) is 0 Å². The highest BCUT2D eigenvalue weighted by Crippen LogP contribution is 2.27. The maximum atomic E-state index is 12.6. The van der Waals surface area contributed by atoms with Crippen molar-refractivity contribution in [2.75, 3.05) is 13.2 Å². The van der Waals surface area contributed by atoms with Crippen molar-refractivity contribution in [2.24, 2.45) is 0 Å². The van der Waals surface area contributed by atoms with E-state index >= 15 is 0 Å². The van der Waals surface area contributed by atoms with Crippen LogP contribution < -0.4 is 5.19 Å². The molecule has 140 valence electrons. The summed E-state index contributed by atoms with van der Waals surface area (Å²) < 4.78 is 10.5. The van der Waals surface area contributed by atoms with Gasteiger partial charge in [-0.1, -0.05) is 44.1 Å². The van der Waals surface area contributed by atoms with Gasteiger partial charge in [-0.15, -0.1) is 0 Å². The van der Waals surface area contributed by atoms with Crippen LogP contribution in [0.15, 0.2) is 6.07 Å². The van der Waals surface area contributed by atoms with Gasteiger partial charge in [-0.25, -0.2) is 9.59 Å². The lowest BCUT2D eigenvalue weighted by molar-refractivity contribution is 0.0523. The number of hydrogen-bond acceptors (Lipinski definition) is 4. The summed E-state index contributed by atoms with van der Waals surface area (Å²) in [5.74, 6) is -0.714. The fourth-order valence-electron chi connectivity index (χ4n) is 3.71. The van der Waals surface area contributed by atoms with E-state index in [1.165, 1.54) is 5.19 Å². The third-order valence-corrected chi connectivity index (χ3v) is 11.1. The van der Waals surface area contributed by atoms with Crippen molar-refractivity contribution in [3.8, 4) is 0 Å². The minimum atomic E-state index is -1.78. The highest BCUT2D eigenvalue weighted by atomic mass is 28.3. The predicted molar refractivity (Wildman–Crippen MR) is 105 cm³/mol. The molecule has 5 heteroatoms. The van der Waals surface area contributed by atoms with Crippen molar-refractivity contribution >= 4 is 25.2 Å². The number of esters is 2. The first kappa shape index (κ1) is 21.4. The highest BCUT2D eigenvalue weighted by Gasteiger charge is 2.34. The van der Waals surface area contributed by atoms with Gasteiger partial charge in [-0.3, -0.25) is 0 Å². The Kier molecular flexibility index (Phi) is 7.86. The lowest BCUT2D eigenvalue weighted by Crippen LogP contribution is -2.48. The molecule has 0 heterocycles. The molecule has 0 saturated carbocycles. The predicted octanol–water partition coefficient (Wildman–Crippen LogP) is 4.37. The molecule has 0 unspecified atom stereocenters. The summed E-state index contributed by atoms with van der Waals surface area (Å²) in [5.41, 5.74) is 2.66. The summed E-state index contributed by atoms with van der Waals surface area (Å²) >= 11 is 0. The minimum absolute atomic E-state index is 0.314. The van der Waals surface area contributed by atoms with Gasteiger partial charge in [0.15, 0.2) is 0 Å². The van der Waals surface area contributed by atoms with Gasteiger partial charge in [0.05, 0.1) is 32.4 Å². The lowest BCUT2D eigenvalue weighted by atomic mass is 9.97. The van der Waals surface area contributed by atoms with E-state index in [0.29, 0.717) is 29.9 Å². The third kappa shape index (κ3) is 4.14. The number of carbonyl (C=O) groups is 2. The van der Waals surface area contributed by atoms with Gasteiger partial charge in [0.2, 0.25) is 0 Å². The van der Waals surface area contributed by atoms with E-state index < -0.39 is 8.07 Å². The molecular formula is C20H32O4Si. The van der Waals surface area contributed by atoms with Crippen molar-refractivity contribution in [1.82, 2.24) is 0 Å². The Morgan fingerprint density at radius 1 is 0.840 bits per heavy atom. The molecule has 0 aliphatic carbocycles. The Morgan fingerprint density at radius 2 is 1.32 bits per heavy atom. The van der Waals surface area contributed by atoms with Crippen LogP contribution >= 0.6 is 0 Å². The van der Waals surface area contributed by atoms with E-state index in [9.17, 15) is 9.59 Å². The largest absolute Gasteiger partial charge is 0.462 e. The van der Waals surface area contributed by atoms with Crippen LogP contribution in [-0.4, -0.2) is 33.2 Å². The van der Waals surface area contributed by atoms with E-state index in [0.717, 1.165) is 23.7 Å². The van der Waals surface area contributed by atoms with Crippen LogP contribution in [0.5, 0.6) is 0 Å². The molecule has 0 aromatic heterocycles. The first-order chi connectivity index (χ1) is 11.8. The fourth-order valence-corrected chi connectivity index (χ4v) is 7.73. The molecule has 0 aliphatic heterocycles. The van der Waals surface area contributed by atoms with E-state index in [1.54, 1.807) is 13.8 Å². The number of carbonyl (C=O) groups excluding carboxylic acids is 2. The normalized spacial score (nSPS) is 11.3. The van der Waals surface area contributed by atoms with Crippen LogP contribution in [0.25, 0.3) is 0 Å². The quantitative estimate of drug-likeness (QED) is 0.508. The Labute approximate surface area is 152 Å². The monoisotopic (exact) mass is 364 g/mol. The topological polar surface area (TPSA) is 52.6 Å². The molecule has 0 N–H and O–H groups in total. The molecule has 0 bridgehead atoms. The van der Waals surface area contributed by atoms with E-state index in [4.69, 9.17) is 9.47 Å². The molecule has 1 rings (SSSR count). The summed E-state index contributed by atoms with van der Waals surface area (Å²) in [4.78, 5) is 25.1. The van der Waals surface area contributed by atoms with Gasteiger partial charge < -0.3 is 9.47 Å². The van der Waals surface area contributed by atoms with E-state index in [-0.39, 0.29) is 11.9 Å². The summed E-state index contributed by atoms with van der Waals surface area (Å²) in [6.45, 7) is 14.7. The summed E-state index contributed by atoms with van der Waals surface area (Å²) in [6, 6.07) is 5.23. The van der Waals surface area contributed by atoms with Gasteiger partial charge in [-0.05, 0) is 44.9 Å². The van der Waals surface area contributed by atoms with Crippen LogP contribution in [0.4, 0.5) is 0 Å². The Bertz CT molecular complexity index is 625. The average molecular weight is 365 g/mol. The fraction of sp³-hybridized carbons (Fsp3) is 0.600. The number of rotatable bonds is 8. The third-order valence-electron chi connectivity index (χ3n) is 5.42. The standard InChI is InChI=1S/C20H32O4Si/c1-8-23-19(21)16-13-17(25(10-3,11-4)12-5)15(7)18(14(16)6)20(22)24-9-2/h13H,8-12H2,1-7H3. The summed E-state index contributed by atoms with van der Waals surface area (Å²) in [6.07, 6.45) is 0. The smallest absolute Gasteiger partial charge is 0.338 e. The second-order valence-corrected chi connectivity index (χ2v) is 11.6. The number of ether oxygens (including phenoxy) is 2. The molecule has 0 fully saturated rings. The van der Waals surface area contributed by atoms with Gasteiger partial charge in [0.1, 0.15) is 0 Å². The van der Waals surface area contributed by atoms with Gasteiger partial charge in [-0.2, -0.15) is 0 Å². The first-order valence-corrected chi connectivity index (χ1v) is 11.9. The number of benzene rings is 1. The van der Waals surface area contributed by atoms with Gasteiger partial charge in [0.25, 0.3) is 0 Å². The molecule has 0 amide bonds. The molecule has 0 atom stereocenters. The number of hydrogen-bond donors (Lipinski definition) is 0. The molecule has 0 aliphatic rings. The van der Waals surface area contributed by atoms with E-state index in [2.05, 4.69) is 20.8 Å². The summed E-state index contributed by atoms with van der Waals surface area (Å²) in [7, 11) is -1.78. The molecular weight excluding hydrogens is 332 g/mol. The zero-order valence-electron chi connectivity index (χ0n) is 16.7. The van der Waals surface area contributed by atoms with Crippen molar-refractivity contribution in [3.05, 3.63) is 28.3 Å². The maximum Gasteiger partial charge on any atom is 0.338 e. The zero-order valence-corrected chi connectivity index (χ0v) is 17.7. The Hall–Kier alpha value is -1.62. The molecule has 0 radical (unpaired) electrons. The van der Waals surface area contributed by atoms with E-state index in [1.807, 2.05) is 19.9 Å². The molecule has 4 nitrogen and oxygen atoms in total. The minimum Gasteiger partial charge on any atom is -0.462 e. The molecule has 0 saturated heterocycles. The van der Waals surface area contributed by atoms with Crippen LogP contribution in [0.2, 0.25) is 18.1 Å². The van der Waals surface area contributed by atoms with Crippen molar-refractivity contribution in [1.29, 1.82) is 0 Å². The van der Waals surface area contributed by atoms with Crippen LogP contribution in [0.1, 0.15) is 66.5 Å². The van der Waals surface area contributed by atoms with Crippen molar-refractivity contribution in [2.45, 2.75) is 66.6 Å². The average Bonchev–Trinajstić information content (AvgIpc) is 2.58. The second-order valence-electron chi connectivity index (χ2n) is 6.38. The molecule has 25 heavy (non-hydrogen) atoms. The van der Waals surface area contributed by atoms with Gasteiger partial charge >= 0.3 is 11.9 Å². The van der Waals surface area contributed by atoms with Crippen molar-refractivity contribution < 1.29 is 19.1 Å². The SMILES string of the molecule is CCOC(=O)c1cc([Si](CC)(CC)CC)c(C)c(C(=O)OCC)c1C. The van der Waals surface area contributed by atoms with Crippen molar-refractivity contribution in [3.63, 3.8) is 0 Å².